The molecule has 0 bridgehead atoms. The van der Waals surface area contributed by atoms with Gasteiger partial charge in [0.15, 0.2) is 5.76 Å². The normalized spacial score (nSPS) is 12.0. The zero-order valence-electron chi connectivity index (χ0n) is 13.0. The minimum atomic E-state index is -3.76. The van der Waals surface area contributed by atoms with Crippen molar-refractivity contribution in [3.8, 4) is 11.5 Å². The van der Waals surface area contributed by atoms with E-state index in [1.54, 1.807) is 25.1 Å². The molecule has 0 spiro atoms. The van der Waals surface area contributed by atoms with Gasteiger partial charge >= 0.3 is 0 Å². The maximum Gasteiger partial charge on any atom is 0.274 e. The minimum Gasteiger partial charge on any atom is -0.465 e. The van der Waals surface area contributed by atoms with Gasteiger partial charge in [-0.1, -0.05) is 0 Å². The summed E-state index contributed by atoms with van der Waals surface area (Å²) in [6.45, 7) is 5.64. The standard InChI is InChI=1S/C15H17N3O4S/c1-9-4-5-12(21-9)8-16-23(19,20)14-7-6-13(22-14)15-10(2)11(3)17-18-15/h4-7,16H,8H2,1-3H3,(H,17,18). The van der Waals surface area contributed by atoms with Crippen molar-refractivity contribution in [1.82, 2.24) is 14.9 Å². The van der Waals surface area contributed by atoms with Gasteiger partial charge in [0.2, 0.25) is 5.09 Å². The maximum atomic E-state index is 12.3. The van der Waals surface area contributed by atoms with Crippen molar-refractivity contribution >= 4 is 10.0 Å². The van der Waals surface area contributed by atoms with Crippen LogP contribution in [0.1, 0.15) is 22.8 Å². The van der Waals surface area contributed by atoms with Crippen LogP contribution in [0.15, 0.2) is 38.2 Å². The minimum absolute atomic E-state index is 0.0622. The van der Waals surface area contributed by atoms with Crippen LogP contribution >= 0.6 is 0 Å². The van der Waals surface area contributed by atoms with Crippen LogP contribution in [-0.2, 0) is 16.6 Å². The molecule has 3 heterocycles. The maximum absolute atomic E-state index is 12.3. The molecule has 23 heavy (non-hydrogen) atoms. The van der Waals surface area contributed by atoms with E-state index >= 15 is 0 Å². The van der Waals surface area contributed by atoms with Crippen LogP contribution in [0.2, 0.25) is 0 Å². The quantitative estimate of drug-likeness (QED) is 0.746. The molecule has 3 aromatic heterocycles. The summed E-state index contributed by atoms with van der Waals surface area (Å²) >= 11 is 0. The summed E-state index contributed by atoms with van der Waals surface area (Å²) in [6, 6.07) is 6.50. The molecule has 0 aliphatic heterocycles. The number of aromatic nitrogens is 2. The van der Waals surface area contributed by atoms with Crippen LogP contribution in [0.25, 0.3) is 11.5 Å². The molecule has 0 unspecified atom stereocenters. The lowest BCUT2D eigenvalue weighted by atomic mass is 10.2. The number of hydrogen-bond donors (Lipinski definition) is 2. The lowest BCUT2D eigenvalue weighted by molar-refractivity contribution is 0.447. The van der Waals surface area contributed by atoms with E-state index in [0.717, 1.165) is 17.0 Å². The first-order valence-corrected chi connectivity index (χ1v) is 8.52. The van der Waals surface area contributed by atoms with Gasteiger partial charge in [0, 0.05) is 11.3 Å². The molecule has 0 fully saturated rings. The fourth-order valence-electron chi connectivity index (χ4n) is 2.13. The molecule has 0 saturated carbocycles. The largest absolute Gasteiger partial charge is 0.465 e. The number of furan rings is 2. The van der Waals surface area contributed by atoms with E-state index < -0.39 is 10.0 Å². The third-order valence-electron chi connectivity index (χ3n) is 3.57. The number of nitrogens with zero attached hydrogens (tertiary/aromatic N) is 1. The van der Waals surface area contributed by atoms with E-state index in [2.05, 4.69) is 14.9 Å². The molecule has 122 valence electrons. The lowest BCUT2D eigenvalue weighted by Crippen LogP contribution is -2.22. The second-order valence-electron chi connectivity index (χ2n) is 5.28. The molecule has 2 N–H and O–H groups in total. The van der Waals surface area contributed by atoms with E-state index in [-0.39, 0.29) is 11.6 Å². The molecule has 7 nitrogen and oxygen atoms in total. The second-order valence-corrected chi connectivity index (χ2v) is 6.98. The average Bonchev–Trinajstić information content (AvgIpc) is 3.20. The number of nitrogens with one attached hydrogen (secondary N) is 2. The molecule has 0 saturated heterocycles. The van der Waals surface area contributed by atoms with Gasteiger partial charge in [-0.3, -0.25) is 5.10 Å². The van der Waals surface area contributed by atoms with Gasteiger partial charge in [-0.2, -0.15) is 5.10 Å². The molecule has 0 aromatic carbocycles. The third kappa shape index (κ3) is 3.08. The average molecular weight is 335 g/mol. The van der Waals surface area contributed by atoms with Crippen LogP contribution < -0.4 is 4.72 Å². The fraction of sp³-hybridized carbons (Fsp3) is 0.267. The van der Waals surface area contributed by atoms with E-state index in [4.69, 9.17) is 8.83 Å². The first kappa shape index (κ1) is 15.6. The Morgan fingerprint density at radius 1 is 1.13 bits per heavy atom. The van der Waals surface area contributed by atoms with Gasteiger partial charge in [-0.05, 0) is 45.0 Å². The van der Waals surface area contributed by atoms with Gasteiger partial charge in [0.25, 0.3) is 10.0 Å². The highest BCUT2D eigenvalue weighted by Crippen LogP contribution is 2.26. The van der Waals surface area contributed by atoms with Crippen LogP contribution in [0.5, 0.6) is 0 Å². The van der Waals surface area contributed by atoms with Crippen LogP contribution in [0.3, 0.4) is 0 Å². The van der Waals surface area contributed by atoms with E-state index in [0.29, 0.717) is 17.2 Å². The van der Waals surface area contributed by atoms with Crippen molar-refractivity contribution in [1.29, 1.82) is 0 Å². The molecule has 0 aliphatic rings. The Morgan fingerprint density at radius 2 is 1.91 bits per heavy atom. The number of rotatable bonds is 5. The van der Waals surface area contributed by atoms with Gasteiger partial charge in [-0.25, -0.2) is 13.1 Å². The monoisotopic (exact) mass is 335 g/mol. The van der Waals surface area contributed by atoms with Crippen LogP contribution in [-0.4, -0.2) is 18.6 Å². The first-order chi connectivity index (χ1) is 10.9. The zero-order valence-corrected chi connectivity index (χ0v) is 13.8. The second kappa shape index (κ2) is 5.71. The highest BCUT2D eigenvalue weighted by atomic mass is 32.2. The Hall–Kier alpha value is -2.32. The topological polar surface area (TPSA) is 101 Å². The molecule has 3 rings (SSSR count). The highest BCUT2D eigenvalue weighted by molar-refractivity contribution is 7.89. The van der Waals surface area contributed by atoms with E-state index in [9.17, 15) is 8.42 Å². The number of H-pyrrole nitrogens is 1. The van der Waals surface area contributed by atoms with Crippen molar-refractivity contribution < 1.29 is 17.3 Å². The van der Waals surface area contributed by atoms with Crippen LogP contribution in [0.4, 0.5) is 0 Å². The summed E-state index contributed by atoms with van der Waals surface area (Å²) in [5, 5.41) is 6.82. The summed E-state index contributed by atoms with van der Waals surface area (Å²) in [4.78, 5) is 0. The molecule has 8 heteroatoms. The number of sulfonamides is 1. The van der Waals surface area contributed by atoms with Gasteiger partial charge in [-0.15, -0.1) is 0 Å². The zero-order chi connectivity index (χ0) is 16.6. The molecule has 0 aliphatic carbocycles. The predicted octanol–water partition coefficient (Wildman–Crippen LogP) is 2.67. The SMILES string of the molecule is Cc1ccc(CNS(=O)(=O)c2ccc(-c3n[nH]c(C)c3C)o2)o1. The van der Waals surface area contributed by atoms with E-state index in [1.807, 2.05) is 13.8 Å². The summed E-state index contributed by atoms with van der Waals surface area (Å²) < 4.78 is 37.8. The summed E-state index contributed by atoms with van der Waals surface area (Å²) in [6.07, 6.45) is 0. The summed E-state index contributed by atoms with van der Waals surface area (Å²) in [5.74, 6) is 1.67. The fourth-order valence-corrected chi connectivity index (χ4v) is 3.06. The van der Waals surface area contributed by atoms with Crippen molar-refractivity contribution in [3.05, 3.63) is 47.0 Å². The molecular weight excluding hydrogens is 318 g/mol. The molecule has 0 radical (unpaired) electrons. The third-order valence-corrected chi connectivity index (χ3v) is 4.84. The number of aryl methyl sites for hydroxylation is 2. The molecule has 0 atom stereocenters. The predicted molar refractivity (Wildman–Crippen MR) is 83.2 cm³/mol. The highest BCUT2D eigenvalue weighted by Gasteiger charge is 2.21. The Balaban J connectivity index is 1.80. The number of aromatic amines is 1. The van der Waals surface area contributed by atoms with Crippen LogP contribution in [0, 0.1) is 20.8 Å². The van der Waals surface area contributed by atoms with Gasteiger partial charge in [0.05, 0.1) is 6.54 Å². The van der Waals surface area contributed by atoms with Crippen molar-refractivity contribution in [2.45, 2.75) is 32.4 Å². The molecular formula is C15H17N3O4S. The van der Waals surface area contributed by atoms with Gasteiger partial charge in [0.1, 0.15) is 17.2 Å². The van der Waals surface area contributed by atoms with Crippen molar-refractivity contribution in [3.63, 3.8) is 0 Å². The lowest BCUT2D eigenvalue weighted by Gasteiger charge is -2.02. The summed E-state index contributed by atoms with van der Waals surface area (Å²) in [7, 11) is -3.76. The Bertz CT molecular complexity index is 934. The Kier molecular flexibility index (Phi) is 3.87. The van der Waals surface area contributed by atoms with E-state index in [1.165, 1.54) is 6.07 Å². The Morgan fingerprint density at radius 3 is 2.52 bits per heavy atom. The smallest absolute Gasteiger partial charge is 0.274 e. The van der Waals surface area contributed by atoms with Gasteiger partial charge < -0.3 is 8.83 Å². The Labute approximate surface area is 133 Å². The van der Waals surface area contributed by atoms with Crippen molar-refractivity contribution in [2.75, 3.05) is 0 Å². The number of hydrogen-bond acceptors (Lipinski definition) is 5. The van der Waals surface area contributed by atoms with Crippen molar-refractivity contribution in [2.24, 2.45) is 0 Å². The molecule has 0 amide bonds. The first-order valence-electron chi connectivity index (χ1n) is 7.03. The molecule has 3 aromatic rings. The summed E-state index contributed by atoms with van der Waals surface area (Å²) in [5.41, 5.74) is 2.43.